The number of amides is 1. The maximum Gasteiger partial charge on any atom is 0.254 e. The third-order valence-corrected chi connectivity index (χ3v) is 5.39. The van der Waals surface area contributed by atoms with Gasteiger partial charge in [-0.15, -0.1) is 0 Å². The van der Waals surface area contributed by atoms with Crippen molar-refractivity contribution in [3.8, 4) is 17.2 Å². The monoisotopic (exact) mass is 407 g/mol. The molecular weight excluding hydrogens is 382 g/mol. The van der Waals surface area contributed by atoms with E-state index in [1.165, 1.54) is 0 Å². The van der Waals surface area contributed by atoms with Crippen LogP contribution in [0.5, 0.6) is 17.2 Å². The standard InChI is InChI=1S/C24H25NO5/c1-4-29-20-12-10-15(13-21(20)28-3)9-11-18(26)22-17-14-24(2,25-23(22)27)30-19-8-6-5-7-16(17)19/h5-13,17,26H,4,14H2,1-3H3,(H,25,27)/b11-9+,22-18-/t17-,24+/m0/s1. The molecule has 1 fully saturated rings. The maximum absolute atomic E-state index is 12.8. The fourth-order valence-corrected chi connectivity index (χ4v) is 4.07. The van der Waals surface area contributed by atoms with Gasteiger partial charge >= 0.3 is 0 Å². The maximum atomic E-state index is 12.8. The highest BCUT2D eigenvalue weighted by Crippen LogP contribution is 2.47. The molecule has 0 unspecified atom stereocenters. The number of carbonyl (C=O) groups is 1. The molecule has 1 amide bonds. The highest BCUT2D eigenvalue weighted by molar-refractivity contribution is 5.98. The summed E-state index contributed by atoms with van der Waals surface area (Å²) in [5.74, 6) is 1.36. The highest BCUT2D eigenvalue weighted by Gasteiger charge is 2.47. The fraction of sp³-hybridized carbons (Fsp3) is 0.292. The van der Waals surface area contributed by atoms with Gasteiger partial charge in [0.2, 0.25) is 0 Å². The van der Waals surface area contributed by atoms with E-state index in [1.807, 2.05) is 56.3 Å². The van der Waals surface area contributed by atoms with Crippen LogP contribution in [0.15, 0.2) is 59.9 Å². The van der Waals surface area contributed by atoms with Crippen LogP contribution in [-0.2, 0) is 4.79 Å². The number of ether oxygens (including phenoxy) is 3. The molecule has 2 aliphatic rings. The molecule has 2 aromatic rings. The number of para-hydroxylation sites is 1. The van der Waals surface area contributed by atoms with Gasteiger partial charge in [0.1, 0.15) is 11.5 Å². The quantitative estimate of drug-likeness (QED) is 0.570. The van der Waals surface area contributed by atoms with Gasteiger partial charge in [-0.2, -0.15) is 0 Å². The number of aliphatic hydroxyl groups excluding tert-OH is 1. The van der Waals surface area contributed by atoms with E-state index in [2.05, 4.69) is 5.32 Å². The highest BCUT2D eigenvalue weighted by atomic mass is 16.5. The first-order valence-corrected chi connectivity index (χ1v) is 9.96. The molecule has 30 heavy (non-hydrogen) atoms. The minimum Gasteiger partial charge on any atom is -0.507 e. The van der Waals surface area contributed by atoms with Crippen molar-refractivity contribution >= 4 is 12.0 Å². The van der Waals surface area contributed by atoms with Gasteiger partial charge in [-0.3, -0.25) is 4.79 Å². The van der Waals surface area contributed by atoms with E-state index in [0.717, 1.165) is 16.9 Å². The summed E-state index contributed by atoms with van der Waals surface area (Å²) in [6.45, 7) is 4.30. The Morgan fingerprint density at radius 1 is 1.30 bits per heavy atom. The lowest BCUT2D eigenvalue weighted by Gasteiger charge is -2.45. The van der Waals surface area contributed by atoms with Crippen LogP contribution in [0, 0.1) is 0 Å². The molecule has 2 bridgehead atoms. The minimum absolute atomic E-state index is 0.0656. The Hall–Kier alpha value is -3.41. The fourth-order valence-electron chi connectivity index (χ4n) is 4.07. The van der Waals surface area contributed by atoms with Crippen LogP contribution in [-0.4, -0.2) is 30.5 Å². The number of aliphatic hydroxyl groups is 1. The summed E-state index contributed by atoms with van der Waals surface area (Å²) in [7, 11) is 1.58. The van der Waals surface area contributed by atoms with E-state index < -0.39 is 5.72 Å². The summed E-state index contributed by atoms with van der Waals surface area (Å²) in [6.07, 6.45) is 3.84. The molecule has 2 aromatic carbocycles. The number of piperidine rings is 1. The van der Waals surface area contributed by atoms with Crippen molar-refractivity contribution in [3.05, 3.63) is 71.0 Å². The first kappa shape index (κ1) is 19.9. The smallest absolute Gasteiger partial charge is 0.254 e. The second kappa shape index (κ2) is 7.78. The lowest BCUT2D eigenvalue weighted by atomic mass is 9.78. The van der Waals surface area contributed by atoms with Crippen LogP contribution < -0.4 is 19.5 Å². The minimum atomic E-state index is -0.786. The first-order chi connectivity index (χ1) is 14.4. The number of nitrogens with one attached hydrogen (secondary N) is 1. The first-order valence-electron chi connectivity index (χ1n) is 9.96. The molecule has 4 rings (SSSR count). The Balaban J connectivity index is 1.68. The molecular formula is C24H25NO5. The number of hydrogen-bond donors (Lipinski definition) is 2. The van der Waals surface area contributed by atoms with E-state index in [1.54, 1.807) is 19.3 Å². The lowest BCUT2D eigenvalue weighted by Crippen LogP contribution is -2.58. The van der Waals surface area contributed by atoms with Gasteiger partial charge in [0, 0.05) is 17.9 Å². The number of rotatable bonds is 5. The summed E-state index contributed by atoms with van der Waals surface area (Å²) in [4.78, 5) is 12.8. The topological polar surface area (TPSA) is 77.0 Å². The van der Waals surface area contributed by atoms with Crippen molar-refractivity contribution in [2.75, 3.05) is 13.7 Å². The van der Waals surface area contributed by atoms with Gasteiger partial charge < -0.3 is 24.6 Å². The molecule has 0 radical (unpaired) electrons. The van der Waals surface area contributed by atoms with E-state index >= 15 is 0 Å². The number of allylic oxidation sites excluding steroid dienone is 1. The van der Waals surface area contributed by atoms with Gasteiger partial charge in [0.25, 0.3) is 5.91 Å². The van der Waals surface area contributed by atoms with Crippen molar-refractivity contribution in [3.63, 3.8) is 0 Å². The van der Waals surface area contributed by atoms with Gasteiger partial charge in [-0.1, -0.05) is 30.3 Å². The Morgan fingerprint density at radius 3 is 2.87 bits per heavy atom. The average Bonchev–Trinajstić information content (AvgIpc) is 2.72. The summed E-state index contributed by atoms with van der Waals surface area (Å²) >= 11 is 0. The molecule has 2 heterocycles. The normalized spacial score (nSPS) is 24.0. The average molecular weight is 407 g/mol. The van der Waals surface area contributed by atoms with Crippen LogP contribution in [0.25, 0.3) is 6.08 Å². The van der Waals surface area contributed by atoms with Gasteiger partial charge in [-0.25, -0.2) is 0 Å². The molecule has 0 spiro atoms. The zero-order chi connectivity index (χ0) is 21.3. The van der Waals surface area contributed by atoms with E-state index in [9.17, 15) is 9.90 Å². The molecule has 6 nitrogen and oxygen atoms in total. The van der Waals surface area contributed by atoms with Gasteiger partial charge in [-0.05, 0) is 43.7 Å². The van der Waals surface area contributed by atoms with E-state index in [4.69, 9.17) is 14.2 Å². The molecule has 156 valence electrons. The van der Waals surface area contributed by atoms with Crippen molar-refractivity contribution < 1.29 is 24.1 Å². The number of benzene rings is 2. The number of methoxy groups -OCH3 is 1. The lowest BCUT2D eigenvalue weighted by molar-refractivity contribution is -0.127. The van der Waals surface area contributed by atoms with Crippen molar-refractivity contribution in [2.45, 2.75) is 31.9 Å². The summed E-state index contributed by atoms with van der Waals surface area (Å²) in [5, 5.41) is 13.7. The molecule has 1 saturated heterocycles. The van der Waals surface area contributed by atoms with Crippen LogP contribution >= 0.6 is 0 Å². The molecule has 0 aromatic heterocycles. The molecule has 0 aliphatic carbocycles. The van der Waals surface area contributed by atoms with Gasteiger partial charge in [0.05, 0.1) is 19.3 Å². The second-order valence-electron chi connectivity index (χ2n) is 7.56. The third kappa shape index (κ3) is 3.61. The van der Waals surface area contributed by atoms with Crippen LogP contribution in [0.1, 0.15) is 37.3 Å². The van der Waals surface area contributed by atoms with Crippen LogP contribution in [0.3, 0.4) is 0 Å². The Morgan fingerprint density at radius 2 is 2.10 bits per heavy atom. The van der Waals surface area contributed by atoms with Crippen molar-refractivity contribution in [1.82, 2.24) is 5.32 Å². The predicted octanol–water partition coefficient (Wildman–Crippen LogP) is 4.33. The largest absolute Gasteiger partial charge is 0.507 e. The summed E-state index contributed by atoms with van der Waals surface area (Å²) < 4.78 is 16.9. The van der Waals surface area contributed by atoms with E-state index in [-0.39, 0.29) is 17.6 Å². The third-order valence-electron chi connectivity index (χ3n) is 5.39. The van der Waals surface area contributed by atoms with Crippen molar-refractivity contribution in [2.24, 2.45) is 0 Å². The summed E-state index contributed by atoms with van der Waals surface area (Å²) in [6, 6.07) is 13.1. The van der Waals surface area contributed by atoms with Crippen LogP contribution in [0.2, 0.25) is 0 Å². The molecule has 0 saturated carbocycles. The zero-order valence-corrected chi connectivity index (χ0v) is 17.3. The molecule has 2 aliphatic heterocycles. The Labute approximate surface area is 175 Å². The SMILES string of the molecule is CCOc1ccc(/C=C/C(O)=C2/C(=O)N[C@@]3(C)C[C@H]2c2ccccc2O3)cc1OC. The van der Waals surface area contributed by atoms with E-state index in [0.29, 0.717) is 30.1 Å². The predicted molar refractivity (Wildman–Crippen MR) is 114 cm³/mol. The summed E-state index contributed by atoms with van der Waals surface area (Å²) in [5.41, 5.74) is 1.28. The van der Waals surface area contributed by atoms with Crippen molar-refractivity contribution in [1.29, 1.82) is 0 Å². The Kier molecular flexibility index (Phi) is 5.16. The van der Waals surface area contributed by atoms with Gasteiger partial charge in [0.15, 0.2) is 17.2 Å². The number of fused-ring (bicyclic) bond motifs is 4. The molecule has 6 heteroatoms. The second-order valence-corrected chi connectivity index (χ2v) is 7.56. The molecule has 2 atom stereocenters. The molecule has 2 N–H and O–H groups in total. The van der Waals surface area contributed by atoms with Crippen LogP contribution in [0.4, 0.5) is 0 Å². The number of hydrogen-bond acceptors (Lipinski definition) is 5. The zero-order valence-electron chi connectivity index (χ0n) is 17.3. The Bertz CT molecular complexity index is 1040. The number of carbonyl (C=O) groups excluding carboxylic acids is 1.